The molecule has 0 saturated heterocycles. The molecule has 0 fully saturated rings. The Kier molecular flexibility index (Phi) is 6.80. The predicted molar refractivity (Wildman–Crippen MR) is 82.8 cm³/mol. The van der Waals surface area contributed by atoms with Crippen molar-refractivity contribution < 1.29 is 28.5 Å². The first kappa shape index (κ1) is 18.1. The summed E-state index contributed by atoms with van der Waals surface area (Å²) in [5.74, 6) is 0. The molecule has 0 atom stereocenters. The molecule has 0 amide bonds. The van der Waals surface area contributed by atoms with Crippen molar-refractivity contribution in [2.45, 2.75) is 26.3 Å². The van der Waals surface area contributed by atoms with E-state index in [0.29, 0.717) is 11.9 Å². The van der Waals surface area contributed by atoms with Crippen LogP contribution < -0.4 is 29.5 Å². The van der Waals surface area contributed by atoms with E-state index in [1.807, 2.05) is 24.3 Å². The average Bonchev–Trinajstić information content (AvgIpc) is 2.45. The van der Waals surface area contributed by atoms with Gasteiger partial charge >= 0.3 is 0 Å². The number of para-hydroxylation sites is 1. The quantitative estimate of drug-likeness (QED) is 0.473. The van der Waals surface area contributed by atoms with Crippen LogP contribution in [0.1, 0.15) is 19.8 Å². The summed E-state index contributed by atoms with van der Waals surface area (Å²) in [5, 5.41) is 0.703. The summed E-state index contributed by atoms with van der Waals surface area (Å²) >= 11 is 0. The number of aromatic nitrogens is 2. The van der Waals surface area contributed by atoms with Gasteiger partial charge in [0.15, 0.2) is 0 Å². The number of hydrogen-bond donors (Lipinski definition) is 0. The second-order valence-corrected chi connectivity index (χ2v) is 6.00. The van der Waals surface area contributed by atoms with Crippen LogP contribution in [0, 0.1) is 0 Å². The van der Waals surface area contributed by atoms with Gasteiger partial charge in [0.2, 0.25) is 0 Å². The highest BCUT2D eigenvalue weighted by Gasteiger charge is 2.14. The van der Waals surface area contributed by atoms with Gasteiger partial charge in [-0.1, -0.05) is 25.5 Å². The van der Waals surface area contributed by atoms with Crippen molar-refractivity contribution in [3.05, 3.63) is 40.9 Å². The molecular weight excluding hydrogens is 377 g/mol. The Morgan fingerprint density at radius 2 is 1.90 bits per heavy atom. The smallest absolute Gasteiger partial charge is 0.261 e. The van der Waals surface area contributed by atoms with Gasteiger partial charge in [-0.05, 0) is 18.6 Å². The Bertz CT molecular complexity index is 637. The SMILES string of the molecule is CCCC[N+](C)(C)CCn1cnc2ccccc2c1=O.[I-]. The van der Waals surface area contributed by atoms with Gasteiger partial charge in [-0.2, -0.15) is 0 Å². The lowest BCUT2D eigenvalue weighted by molar-refractivity contribution is -0.891. The second kappa shape index (κ2) is 7.89. The molecule has 1 heterocycles. The minimum atomic E-state index is 0. The molecule has 2 rings (SSSR count). The monoisotopic (exact) mass is 401 g/mol. The summed E-state index contributed by atoms with van der Waals surface area (Å²) in [7, 11) is 4.43. The van der Waals surface area contributed by atoms with Crippen LogP contribution in [0.3, 0.4) is 0 Å². The van der Waals surface area contributed by atoms with Crippen LogP contribution in [-0.4, -0.2) is 41.2 Å². The molecule has 116 valence electrons. The van der Waals surface area contributed by atoms with Gasteiger partial charge in [-0.15, -0.1) is 0 Å². The third-order valence-corrected chi connectivity index (χ3v) is 3.79. The molecule has 0 N–H and O–H groups in total. The van der Waals surface area contributed by atoms with Crippen LogP contribution in [0.25, 0.3) is 10.9 Å². The van der Waals surface area contributed by atoms with E-state index in [0.717, 1.165) is 23.1 Å². The highest BCUT2D eigenvalue weighted by molar-refractivity contribution is 5.76. The summed E-state index contributed by atoms with van der Waals surface area (Å²) in [6.07, 6.45) is 4.10. The minimum Gasteiger partial charge on any atom is -1.00 e. The predicted octanol–water partition coefficient (Wildman–Crippen LogP) is -0.723. The molecule has 21 heavy (non-hydrogen) atoms. The molecule has 0 aliphatic carbocycles. The molecule has 1 aromatic heterocycles. The molecule has 0 aliphatic heterocycles. The van der Waals surface area contributed by atoms with E-state index >= 15 is 0 Å². The number of nitrogens with zero attached hydrogens (tertiary/aromatic N) is 3. The topological polar surface area (TPSA) is 34.9 Å². The molecule has 0 unspecified atom stereocenters. The van der Waals surface area contributed by atoms with E-state index in [1.165, 1.54) is 12.8 Å². The Hall–Kier alpha value is -0.950. The number of quaternary nitrogens is 1. The first-order valence-corrected chi connectivity index (χ1v) is 7.30. The molecule has 4 nitrogen and oxygen atoms in total. The lowest BCUT2D eigenvalue weighted by Gasteiger charge is -2.29. The summed E-state index contributed by atoms with van der Waals surface area (Å²) in [4.78, 5) is 16.7. The van der Waals surface area contributed by atoms with Crippen LogP contribution in [0.4, 0.5) is 0 Å². The van der Waals surface area contributed by atoms with Crippen molar-refractivity contribution in [1.29, 1.82) is 0 Å². The van der Waals surface area contributed by atoms with E-state index in [4.69, 9.17) is 0 Å². The van der Waals surface area contributed by atoms with Gasteiger partial charge < -0.3 is 28.5 Å². The lowest BCUT2D eigenvalue weighted by Crippen LogP contribution is -3.00. The van der Waals surface area contributed by atoms with Gasteiger partial charge in [-0.3, -0.25) is 9.36 Å². The molecule has 0 radical (unpaired) electrons. The van der Waals surface area contributed by atoms with E-state index in [2.05, 4.69) is 26.0 Å². The number of hydrogen-bond acceptors (Lipinski definition) is 2. The van der Waals surface area contributed by atoms with Crippen molar-refractivity contribution in [2.75, 3.05) is 27.2 Å². The largest absolute Gasteiger partial charge is 1.00 e. The maximum Gasteiger partial charge on any atom is 0.261 e. The zero-order valence-electron chi connectivity index (χ0n) is 13.1. The second-order valence-electron chi connectivity index (χ2n) is 6.00. The van der Waals surface area contributed by atoms with Crippen LogP contribution in [-0.2, 0) is 6.54 Å². The summed E-state index contributed by atoms with van der Waals surface area (Å²) in [6, 6.07) is 7.52. The van der Waals surface area contributed by atoms with E-state index in [-0.39, 0.29) is 29.5 Å². The third kappa shape index (κ3) is 4.78. The molecule has 1 aromatic carbocycles. The number of rotatable bonds is 6. The first-order chi connectivity index (χ1) is 9.53. The van der Waals surface area contributed by atoms with E-state index in [1.54, 1.807) is 10.9 Å². The van der Waals surface area contributed by atoms with Gasteiger partial charge in [0.25, 0.3) is 5.56 Å². The maximum absolute atomic E-state index is 12.4. The van der Waals surface area contributed by atoms with Crippen molar-refractivity contribution in [2.24, 2.45) is 0 Å². The summed E-state index contributed by atoms with van der Waals surface area (Å²) in [6.45, 7) is 5.01. The fourth-order valence-corrected chi connectivity index (χ4v) is 2.34. The maximum atomic E-state index is 12.4. The third-order valence-electron chi connectivity index (χ3n) is 3.79. The van der Waals surface area contributed by atoms with Crippen LogP contribution >= 0.6 is 0 Å². The molecule has 0 saturated carbocycles. The molecule has 5 heteroatoms. The molecule has 0 aliphatic rings. The van der Waals surface area contributed by atoms with Crippen LogP contribution in [0.2, 0.25) is 0 Å². The number of likely N-dealkylation sites (N-methyl/N-ethyl adjacent to an activating group) is 1. The zero-order chi connectivity index (χ0) is 14.6. The van der Waals surface area contributed by atoms with E-state index in [9.17, 15) is 4.79 Å². The number of unbranched alkanes of at least 4 members (excludes halogenated alkanes) is 1. The fourth-order valence-electron chi connectivity index (χ4n) is 2.34. The Labute approximate surface area is 143 Å². The van der Waals surface area contributed by atoms with Crippen molar-refractivity contribution in [3.63, 3.8) is 0 Å². The normalized spacial score (nSPS) is 11.4. The highest BCUT2D eigenvalue weighted by atomic mass is 127. The van der Waals surface area contributed by atoms with Gasteiger partial charge in [0.1, 0.15) is 0 Å². The van der Waals surface area contributed by atoms with Gasteiger partial charge in [0, 0.05) is 0 Å². The molecule has 2 aromatic rings. The average molecular weight is 401 g/mol. The van der Waals surface area contributed by atoms with Gasteiger partial charge in [-0.25, -0.2) is 4.98 Å². The Morgan fingerprint density at radius 3 is 2.62 bits per heavy atom. The molecular formula is C16H24IN3O. The number of halogens is 1. The van der Waals surface area contributed by atoms with Gasteiger partial charge in [0.05, 0.1) is 51.0 Å². The summed E-state index contributed by atoms with van der Waals surface area (Å²) in [5.41, 5.74) is 0.833. The van der Waals surface area contributed by atoms with Crippen molar-refractivity contribution in [1.82, 2.24) is 9.55 Å². The standard InChI is InChI=1S/C16H24N3O.HI/c1-4-5-11-19(2,3)12-10-18-13-17-15-9-7-6-8-14(15)16(18)20;/h6-9,13H,4-5,10-12H2,1-3H3;1H/q+1;/p-1. The van der Waals surface area contributed by atoms with Crippen molar-refractivity contribution >= 4 is 10.9 Å². The lowest BCUT2D eigenvalue weighted by atomic mass is 10.2. The minimum absolute atomic E-state index is 0. The van der Waals surface area contributed by atoms with Crippen LogP contribution in [0.5, 0.6) is 0 Å². The van der Waals surface area contributed by atoms with E-state index < -0.39 is 0 Å². The zero-order valence-corrected chi connectivity index (χ0v) is 15.2. The number of benzene rings is 1. The Balaban J connectivity index is 0.00000220. The molecule has 0 spiro atoms. The molecule has 0 bridgehead atoms. The number of fused-ring (bicyclic) bond motifs is 1. The van der Waals surface area contributed by atoms with Crippen LogP contribution in [0.15, 0.2) is 35.4 Å². The first-order valence-electron chi connectivity index (χ1n) is 7.30. The fraction of sp³-hybridized carbons (Fsp3) is 0.500. The summed E-state index contributed by atoms with van der Waals surface area (Å²) < 4.78 is 2.67. The Morgan fingerprint density at radius 1 is 1.19 bits per heavy atom. The van der Waals surface area contributed by atoms with Crippen molar-refractivity contribution in [3.8, 4) is 0 Å². The highest BCUT2D eigenvalue weighted by Crippen LogP contribution is 2.06.